The zero-order valence-corrected chi connectivity index (χ0v) is 14.7. The summed E-state index contributed by atoms with van der Waals surface area (Å²) in [5.41, 5.74) is -0.819. The van der Waals surface area contributed by atoms with E-state index in [2.05, 4.69) is 11.3 Å². The van der Waals surface area contributed by atoms with Crippen molar-refractivity contribution in [1.29, 1.82) is 0 Å². The molecule has 1 aliphatic carbocycles. The van der Waals surface area contributed by atoms with Crippen molar-refractivity contribution in [2.75, 3.05) is 13.2 Å². The Labute approximate surface area is 141 Å². The summed E-state index contributed by atoms with van der Waals surface area (Å²) in [5, 5.41) is -4.56. The van der Waals surface area contributed by atoms with Crippen LogP contribution in [0, 0.1) is 5.92 Å². The first-order valence-corrected chi connectivity index (χ1v) is 9.14. The summed E-state index contributed by atoms with van der Waals surface area (Å²) >= 11 is 0. The summed E-state index contributed by atoms with van der Waals surface area (Å²) in [4.78, 5) is 12.1. The molecule has 0 aliphatic heterocycles. The highest BCUT2D eigenvalue weighted by Crippen LogP contribution is 2.38. The van der Waals surface area contributed by atoms with Crippen molar-refractivity contribution in [3.63, 3.8) is 0 Å². The molecule has 0 saturated heterocycles. The van der Waals surface area contributed by atoms with Crippen molar-refractivity contribution in [3.8, 4) is 0 Å². The Balaban J connectivity index is 2.57. The van der Waals surface area contributed by atoms with Gasteiger partial charge in [-0.1, -0.05) is 26.8 Å². The predicted molar refractivity (Wildman–Crippen MR) is 81.3 cm³/mol. The summed E-state index contributed by atoms with van der Waals surface area (Å²) in [6.45, 7) is 5.03. The third-order valence-electron chi connectivity index (χ3n) is 4.25. The second-order valence-electron chi connectivity index (χ2n) is 6.36. The van der Waals surface area contributed by atoms with E-state index >= 15 is 0 Å². The fraction of sp³-hybridized carbons (Fsp3) is 0.800. The molecule has 0 aromatic rings. The number of rotatable bonds is 8. The highest BCUT2D eigenvalue weighted by molar-refractivity contribution is 7.86. The number of hydrogen-bond donors (Lipinski definition) is 0. The van der Waals surface area contributed by atoms with Crippen molar-refractivity contribution in [3.05, 3.63) is 12.2 Å². The first-order valence-electron chi connectivity index (χ1n) is 7.73. The maximum atomic E-state index is 13.0. The zero-order chi connectivity index (χ0) is 18.6. The predicted octanol–water partition coefficient (Wildman–Crippen LogP) is 2.60. The van der Waals surface area contributed by atoms with E-state index < -0.39 is 40.2 Å². The number of hydrogen-bond acceptors (Lipinski definition) is 6. The second-order valence-corrected chi connectivity index (χ2v) is 7.86. The number of carbonyl (C=O) groups is 1. The molecule has 6 nitrogen and oxygen atoms in total. The minimum atomic E-state index is -5.82. The minimum Gasteiger partial charge on any atom is -0.743 e. The van der Waals surface area contributed by atoms with E-state index in [0.29, 0.717) is 0 Å². The van der Waals surface area contributed by atoms with E-state index in [-0.39, 0.29) is 11.5 Å². The molecular weight excluding hydrogens is 346 g/mol. The van der Waals surface area contributed by atoms with Gasteiger partial charge in [0.1, 0.15) is 12.2 Å². The summed E-state index contributed by atoms with van der Waals surface area (Å²) in [5.74, 6) is -0.677. The standard InChI is InChI=1S/C15H24F2O6S/c1-11(2)14(7-5-4-6-8-14)23-13(18)12(3)9-22-10-15(16,17)24(19,20)21/h11H,3-10H2,1-2H3,(H,19,20,21)/p-1. The van der Waals surface area contributed by atoms with Crippen LogP contribution < -0.4 is 0 Å². The monoisotopic (exact) mass is 369 g/mol. The lowest BCUT2D eigenvalue weighted by molar-refractivity contribution is -0.165. The molecule has 0 amide bonds. The molecule has 1 rings (SSSR count). The highest BCUT2D eigenvalue weighted by Gasteiger charge is 2.40. The Morgan fingerprint density at radius 2 is 1.83 bits per heavy atom. The van der Waals surface area contributed by atoms with E-state index in [0.717, 1.165) is 32.1 Å². The molecule has 0 radical (unpaired) electrons. The Hall–Kier alpha value is -1.06. The highest BCUT2D eigenvalue weighted by atomic mass is 32.2. The van der Waals surface area contributed by atoms with Gasteiger partial charge in [-0.3, -0.25) is 0 Å². The van der Waals surface area contributed by atoms with Crippen LogP contribution in [0.1, 0.15) is 46.0 Å². The van der Waals surface area contributed by atoms with Gasteiger partial charge in [-0.15, -0.1) is 0 Å². The lowest BCUT2D eigenvalue weighted by Gasteiger charge is -2.40. The van der Waals surface area contributed by atoms with Crippen LogP contribution in [-0.4, -0.2) is 43.0 Å². The molecule has 1 aliphatic rings. The van der Waals surface area contributed by atoms with Crippen LogP contribution in [0.2, 0.25) is 0 Å². The fourth-order valence-electron chi connectivity index (χ4n) is 2.63. The van der Waals surface area contributed by atoms with Gasteiger partial charge in [0.05, 0.1) is 12.2 Å². The zero-order valence-electron chi connectivity index (χ0n) is 13.8. The third kappa shape index (κ3) is 5.22. The Morgan fingerprint density at radius 1 is 1.29 bits per heavy atom. The Morgan fingerprint density at radius 3 is 2.29 bits per heavy atom. The van der Waals surface area contributed by atoms with Crippen LogP contribution in [0.25, 0.3) is 0 Å². The van der Waals surface area contributed by atoms with Crippen LogP contribution in [0.3, 0.4) is 0 Å². The minimum absolute atomic E-state index is 0.0883. The van der Waals surface area contributed by atoms with Gasteiger partial charge in [0.25, 0.3) is 0 Å². The van der Waals surface area contributed by atoms with E-state index in [1.54, 1.807) is 0 Å². The number of halogens is 2. The molecule has 0 N–H and O–H groups in total. The van der Waals surface area contributed by atoms with E-state index in [4.69, 9.17) is 4.74 Å². The van der Waals surface area contributed by atoms with Gasteiger partial charge in [-0.05, 0) is 31.6 Å². The van der Waals surface area contributed by atoms with Crippen molar-refractivity contribution < 1.29 is 36.0 Å². The van der Waals surface area contributed by atoms with Crippen LogP contribution >= 0.6 is 0 Å². The Bertz CT molecular complexity index is 565. The largest absolute Gasteiger partial charge is 0.743 e. The first-order chi connectivity index (χ1) is 10.9. The molecule has 0 heterocycles. The van der Waals surface area contributed by atoms with Gasteiger partial charge in [-0.2, -0.15) is 8.78 Å². The van der Waals surface area contributed by atoms with Gasteiger partial charge in [0.2, 0.25) is 0 Å². The molecular formula is C15H23F2O6S-. The van der Waals surface area contributed by atoms with Gasteiger partial charge in [-0.25, -0.2) is 13.2 Å². The maximum absolute atomic E-state index is 13.0. The second kappa shape index (κ2) is 7.88. The van der Waals surface area contributed by atoms with E-state index in [9.17, 15) is 26.5 Å². The summed E-state index contributed by atoms with van der Waals surface area (Å²) in [6.07, 6.45) is 4.37. The third-order valence-corrected chi connectivity index (χ3v) is 5.10. The molecule has 140 valence electrons. The van der Waals surface area contributed by atoms with Crippen LogP contribution in [0.15, 0.2) is 12.2 Å². The Kier molecular flexibility index (Phi) is 6.89. The summed E-state index contributed by atoms with van der Waals surface area (Å²) in [7, 11) is -5.82. The quantitative estimate of drug-likeness (QED) is 0.371. The molecule has 24 heavy (non-hydrogen) atoms. The van der Waals surface area contributed by atoms with Crippen molar-refractivity contribution >= 4 is 16.1 Å². The van der Waals surface area contributed by atoms with Crippen molar-refractivity contribution in [2.45, 2.75) is 56.8 Å². The van der Waals surface area contributed by atoms with Crippen molar-refractivity contribution in [1.82, 2.24) is 0 Å². The lowest BCUT2D eigenvalue weighted by atomic mass is 9.77. The molecule has 1 fully saturated rings. The summed E-state index contributed by atoms with van der Waals surface area (Å²) in [6, 6.07) is 0. The number of carbonyl (C=O) groups excluding carboxylic acids is 1. The molecule has 9 heteroatoms. The van der Waals surface area contributed by atoms with Gasteiger partial charge >= 0.3 is 11.2 Å². The van der Waals surface area contributed by atoms with Gasteiger partial charge in [0.15, 0.2) is 10.1 Å². The van der Waals surface area contributed by atoms with E-state index in [1.807, 2.05) is 13.8 Å². The van der Waals surface area contributed by atoms with Gasteiger partial charge in [0, 0.05) is 0 Å². The number of ether oxygens (including phenoxy) is 2. The topological polar surface area (TPSA) is 92.7 Å². The van der Waals surface area contributed by atoms with Crippen molar-refractivity contribution in [2.24, 2.45) is 5.92 Å². The van der Waals surface area contributed by atoms with Crippen LogP contribution in [-0.2, 0) is 24.4 Å². The van der Waals surface area contributed by atoms with E-state index in [1.165, 1.54) is 0 Å². The molecule has 0 aromatic heterocycles. The normalized spacial score (nSPS) is 18.4. The maximum Gasteiger partial charge on any atom is 0.357 e. The SMILES string of the molecule is C=C(COCC(F)(F)S(=O)(=O)[O-])C(=O)OC1(C(C)C)CCCCC1. The molecule has 0 aromatic carbocycles. The molecule has 0 atom stereocenters. The van der Waals surface area contributed by atoms with Gasteiger partial charge < -0.3 is 14.0 Å². The average Bonchev–Trinajstić information content (AvgIpc) is 2.46. The molecule has 1 saturated carbocycles. The van der Waals surface area contributed by atoms with Crippen LogP contribution in [0.4, 0.5) is 8.78 Å². The molecule has 0 bridgehead atoms. The number of alkyl halides is 2. The average molecular weight is 369 g/mol. The smallest absolute Gasteiger partial charge is 0.357 e. The molecule has 0 spiro atoms. The fourth-order valence-corrected chi connectivity index (χ4v) is 2.86. The lowest BCUT2D eigenvalue weighted by Crippen LogP contribution is -2.42. The number of esters is 1. The molecule has 0 unspecified atom stereocenters. The van der Waals surface area contributed by atoms with Crippen LogP contribution in [0.5, 0.6) is 0 Å². The summed E-state index contributed by atoms with van der Waals surface area (Å²) < 4.78 is 67.0. The first kappa shape index (κ1) is 21.0.